The minimum absolute atomic E-state index is 0. The Kier molecular flexibility index (Phi) is 7.43. The Morgan fingerprint density at radius 2 is 0.727 bits per heavy atom. The largest absolute Gasteiger partial charge is 0.153 e. The van der Waals surface area contributed by atoms with Gasteiger partial charge in [-0.15, -0.1) is 17.0 Å². The van der Waals surface area contributed by atoms with Gasteiger partial charge in [-0.05, 0) is 0 Å². The van der Waals surface area contributed by atoms with Gasteiger partial charge in [0.2, 0.25) is 0 Å². The molecule has 0 amide bonds. The fourth-order valence-electron chi connectivity index (χ4n) is 2.81. The van der Waals surface area contributed by atoms with Crippen LogP contribution in [0.4, 0.5) is 0 Å². The molecule has 0 radical (unpaired) electrons. The van der Waals surface area contributed by atoms with Crippen molar-refractivity contribution in [3.05, 3.63) is 91.0 Å². The van der Waals surface area contributed by atoms with Crippen LogP contribution in [-0.2, 0) is 0 Å². The standard InChI is InChI=1S/C19H19P.BrH.H3P/c1-20(17-11-5-2-6-12-17,18-13-7-3-8-14-18)19-15-9-4-10-16-19;;/h2-16,20H,1H3;1H;1H3. The molecule has 22 heavy (non-hydrogen) atoms. The van der Waals surface area contributed by atoms with Crippen LogP contribution in [0.1, 0.15) is 0 Å². The third-order valence-electron chi connectivity index (χ3n) is 4.05. The van der Waals surface area contributed by atoms with E-state index in [0.717, 1.165) is 0 Å². The first-order chi connectivity index (χ1) is 9.82. The molecule has 0 saturated carbocycles. The summed E-state index contributed by atoms with van der Waals surface area (Å²) in [6.45, 7) is 2.44. The third kappa shape index (κ3) is 3.66. The zero-order valence-electron chi connectivity index (χ0n) is 12.8. The Morgan fingerprint density at radius 3 is 0.955 bits per heavy atom. The molecule has 3 aromatic rings. The molecule has 3 aromatic carbocycles. The van der Waals surface area contributed by atoms with Crippen molar-refractivity contribution in [3.8, 4) is 0 Å². The van der Waals surface area contributed by atoms with Crippen LogP contribution in [0, 0.1) is 0 Å². The van der Waals surface area contributed by atoms with E-state index in [1.165, 1.54) is 15.9 Å². The molecule has 0 aliphatic rings. The molecule has 0 N–H and O–H groups in total. The smallest absolute Gasteiger partial charge is 0.153 e. The summed E-state index contributed by atoms with van der Waals surface area (Å²) < 4.78 is 0. The molecule has 3 rings (SSSR count). The van der Waals surface area contributed by atoms with Gasteiger partial charge in [-0.2, -0.15) is 9.90 Å². The van der Waals surface area contributed by atoms with E-state index in [0.29, 0.717) is 0 Å². The van der Waals surface area contributed by atoms with Crippen LogP contribution in [-0.4, -0.2) is 6.66 Å². The predicted molar refractivity (Wildman–Crippen MR) is 114 cm³/mol. The van der Waals surface area contributed by atoms with Gasteiger partial charge in [-0.25, -0.2) is 0 Å². The maximum absolute atomic E-state index is 2.44. The van der Waals surface area contributed by atoms with E-state index in [2.05, 4.69) is 97.7 Å². The van der Waals surface area contributed by atoms with Crippen LogP contribution in [0.3, 0.4) is 0 Å². The second-order valence-corrected chi connectivity index (χ2v) is 9.21. The Bertz CT molecular complexity index is 573. The first-order valence-electron chi connectivity index (χ1n) is 6.98. The molecule has 0 aromatic heterocycles. The average molecular weight is 393 g/mol. The quantitative estimate of drug-likeness (QED) is 0.591. The molecule has 0 aliphatic carbocycles. The van der Waals surface area contributed by atoms with E-state index in [9.17, 15) is 0 Å². The summed E-state index contributed by atoms with van der Waals surface area (Å²) in [6.07, 6.45) is 0. The Labute approximate surface area is 147 Å². The third-order valence-corrected chi connectivity index (χ3v) is 8.52. The number of hydrogen-bond acceptors (Lipinski definition) is 0. The number of halogens is 1. The van der Waals surface area contributed by atoms with Crippen LogP contribution in [0.15, 0.2) is 91.0 Å². The molecule has 0 saturated heterocycles. The number of rotatable bonds is 3. The molecular weight excluding hydrogens is 370 g/mol. The molecule has 0 bridgehead atoms. The van der Waals surface area contributed by atoms with Gasteiger partial charge >= 0.3 is 121 Å². The molecule has 0 heterocycles. The van der Waals surface area contributed by atoms with E-state index >= 15 is 0 Å². The van der Waals surface area contributed by atoms with Crippen LogP contribution in [0.2, 0.25) is 0 Å². The molecule has 0 nitrogen and oxygen atoms in total. The van der Waals surface area contributed by atoms with Gasteiger partial charge in [0.05, 0.1) is 0 Å². The molecule has 3 heteroatoms. The van der Waals surface area contributed by atoms with Crippen molar-refractivity contribution in [1.82, 2.24) is 0 Å². The van der Waals surface area contributed by atoms with Crippen LogP contribution < -0.4 is 15.9 Å². The minimum atomic E-state index is -1.88. The van der Waals surface area contributed by atoms with Crippen LogP contribution in [0.5, 0.6) is 0 Å². The Balaban J connectivity index is 0.00000121. The van der Waals surface area contributed by atoms with Crippen molar-refractivity contribution >= 4 is 50.1 Å². The van der Waals surface area contributed by atoms with Crippen LogP contribution >= 0.6 is 34.1 Å². The summed E-state index contributed by atoms with van der Waals surface area (Å²) in [6, 6.07) is 32.8. The molecule has 116 valence electrons. The van der Waals surface area contributed by atoms with Crippen molar-refractivity contribution in [2.24, 2.45) is 0 Å². The maximum Gasteiger partial charge on any atom is -0.153 e. The molecule has 1 unspecified atom stereocenters. The predicted octanol–water partition coefficient (Wildman–Crippen LogP) is 3.98. The molecule has 0 spiro atoms. The van der Waals surface area contributed by atoms with Gasteiger partial charge < -0.3 is 0 Å². The zero-order chi connectivity index (χ0) is 13.8. The van der Waals surface area contributed by atoms with Gasteiger partial charge in [-0.1, -0.05) is 0 Å². The van der Waals surface area contributed by atoms with Gasteiger partial charge in [0.1, 0.15) is 0 Å². The molecule has 0 aliphatic heterocycles. The topological polar surface area (TPSA) is 0 Å². The fourth-order valence-corrected chi connectivity index (χ4v) is 6.39. The minimum Gasteiger partial charge on any atom is -0.153 e. The zero-order valence-corrected chi connectivity index (χ0v) is 16.9. The fraction of sp³-hybridized carbons (Fsp3) is 0.0526. The SMILES string of the molecule is Br.C[PH](c1ccccc1)(c1ccccc1)c1ccccc1.P. The summed E-state index contributed by atoms with van der Waals surface area (Å²) in [5.74, 6) is 0. The van der Waals surface area contributed by atoms with E-state index in [4.69, 9.17) is 0 Å². The van der Waals surface area contributed by atoms with Gasteiger partial charge in [0.15, 0.2) is 0 Å². The van der Waals surface area contributed by atoms with Gasteiger partial charge in [-0.3, -0.25) is 0 Å². The van der Waals surface area contributed by atoms with E-state index in [1.807, 2.05) is 0 Å². The van der Waals surface area contributed by atoms with Gasteiger partial charge in [0, 0.05) is 0 Å². The van der Waals surface area contributed by atoms with Crippen molar-refractivity contribution in [3.63, 3.8) is 0 Å². The van der Waals surface area contributed by atoms with Crippen LogP contribution in [0.25, 0.3) is 0 Å². The summed E-state index contributed by atoms with van der Waals surface area (Å²) in [5, 5.41) is 4.37. The molecular formula is C19H23BrP2. The molecule has 1 atom stereocenters. The summed E-state index contributed by atoms with van der Waals surface area (Å²) in [7, 11) is -1.88. The monoisotopic (exact) mass is 392 g/mol. The van der Waals surface area contributed by atoms with Crippen molar-refractivity contribution in [2.75, 3.05) is 6.66 Å². The Morgan fingerprint density at radius 1 is 0.500 bits per heavy atom. The molecule has 0 fully saturated rings. The first kappa shape index (κ1) is 19.0. The summed E-state index contributed by atoms with van der Waals surface area (Å²) in [4.78, 5) is 0. The normalized spacial score (nSPS) is 11.0. The van der Waals surface area contributed by atoms with Crippen molar-refractivity contribution in [2.45, 2.75) is 0 Å². The van der Waals surface area contributed by atoms with Crippen molar-refractivity contribution < 1.29 is 0 Å². The summed E-state index contributed by atoms with van der Waals surface area (Å²) >= 11 is 0. The number of hydrogen-bond donors (Lipinski definition) is 0. The van der Waals surface area contributed by atoms with E-state index in [1.54, 1.807) is 0 Å². The maximum atomic E-state index is 2.44. The Hall–Kier alpha value is -1.000. The second kappa shape index (κ2) is 8.59. The van der Waals surface area contributed by atoms with E-state index < -0.39 is 7.26 Å². The van der Waals surface area contributed by atoms with Gasteiger partial charge in [0.25, 0.3) is 0 Å². The summed E-state index contributed by atoms with van der Waals surface area (Å²) in [5.41, 5.74) is 0. The number of benzene rings is 3. The van der Waals surface area contributed by atoms with E-state index in [-0.39, 0.29) is 26.9 Å². The second-order valence-electron chi connectivity index (χ2n) is 5.22. The average Bonchev–Trinajstić information content (AvgIpc) is 2.56. The van der Waals surface area contributed by atoms with Crippen molar-refractivity contribution in [1.29, 1.82) is 0 Å². The first-order valence-corrected chi connectivity index (χ1v) is 9.48.